The van der Waals surface area contributed by atoms with Gasteiger partial charge in [-0.25, -0.2) is 9.18 Å². The minimum Gasteiger partial charge on any atom is -0.493 e. The number of rotatable bonds is 6. The molecule has 2 aliphatic heterocycles. The van der Waals surface area contributed by atoms with Crippen LogP contribution in [0.15, 0.2) is 35.3 Å². The van der Waals surface area contributed by atoms with Crippen molar-refractivity contribution < 1.29 is 23.4 Å². The highest BCUT2D eigenvalue weighted by Gasteiger charge is 2.36. The third kappa shape index (κ3) is 4.95. The van der Waals surface area contributed by atoms with Gasteiger partial charge in [-0.1, -0.05) is 19.9 Å². The number of ether oxygens (including phenoxy) is 3. The second-order valence-corrected chi connectivity index (χ2v) is 11.6. The predicted molar refractivity (Wildman–Crippen MR) is 154 cm³/mol. The Morgan fingerprint density at radius 3 is 2.67 bits per heavy atom. The Hall–Kier alpha value is -3.25. The third-order valence-electron chi connectivity index (χ3n) is 7.75. The van der Waals surface area contributed by atoms with Gasteiger partial charge in [0.1, 0.15) is 11.6 Å². The predicted octanol–water partition coefficient (Wildman–Crippen LogP) is 8.15. The van der Waals surface area contributed by atoms with E-state index in [9.17, 15) is 4.79 Å². The molecule has 0 fully saturated rings. The summed E-state index contributed by atoms with van der Waals surface area (Å²) in [6.07, 6.45) is 2.50. The van der Waals surface area contributed by atoms with E-state index in [4.69, 9.17) is 19.2 Å². The molecule has 2 heterocycles. The largest absolute Gasteiger partial charge is 0.493 e. The maximum atomic E-state index is 15.4. The number of carbonyl (C=O) groups is 1. The number of fused-ring (bicyclic) bond motifs is 1. The third-order valence-corrected chi connectivity index (χ3v) is 7.75. The molecule has 0 N–H and O–H groups in total. The van der Waals surface area contributed by atoms with Crippen LogP contribution >= 0.6 is 0 Å². The molecule has 0 aromatic heterocycles. The summed E-state index contributed by atoms with van der Waals surface area (Å²) >= 11 is 0. The number of hydrogen-bond acceptors (Lipinski definition) is 5. The minimum atomic E-state index is -1.000. The number of hydrogen-bond donors (Lipinski definition) is 0. The number of benzene rings is 3. The number of halogens is 1. The van der Waals surface area contributed by atoms with E-state index in [0.29, 0.717) is 24.2 Å². The molecule has 0 saturated carbocycles. The molecule has 2 unspecified atom stereocenters. The first kappa shape index (κ1) is 27.3. The van der Waals surface area contributed by atoms with Gasteiger partial charge in [0.25, 0.3) is 0 Å². The van der Waals surface area contributed by atoms with Crippen LogP contribution in [0.5, 0.6) is 5.75 Å². The molecule has 2 aliphatic rings. The van der Waals surface area contributed by atoms with E-state index in [1.54, 1.807) is 13.0 Å². The van der Waals surface area contributed by atoms with Crippen LogP contribution in [-0.2, 0) is 20.7 Å². The van der Waals surface area contributed by atoms with E-state index in [-0.39, 0.29) is 24.3 Å². The van der Waals surface area contributed by atoms with Gasteiger partial charge < -0.3 is 14.2 Å². The monoisotopic (exact) mass is 531 g/mol. The summed E-state index contributed by atoms with van der Waals surface area (Å²) in [6, 6.07) is 9.52. The van der Waals surface area contributed by atoms with Gasteiger partial charge in [-0.3, -0.25) is 4.99 Å². The van der Waals surface area contributed by atoms with Gasteiger partial charge in [0.2, 0.25) is 0 Å². The molecule has 0 amide bonds. The summed E-state index contributed by atoms with van der Waals surface area (Å²) < 4.78 is 33.4. The summed E-state index contributed by atoms with van der Waals surface area (Å²) in [5.74, 6) is 0.683. The molecule has 0 bridgehead atoms. The van der Waals surface area contributed by atoms with Crippen molar-refractivity contribution >= 4 is 28.6 Å². The van der Waals surface area contributed by atoms with Gasteiger partial charge in [0.05, 0.1) is 24.5 Å². The van der Waals surface area contributed by atoms with E-state index in [0.717, 1.165) is 50.9 Å². The second kappa shape index (κ2) is 10.4. The number of aliphatic imine (C=N–C) groups is 1. The first-order chi connectivity index (χ1) is 18.5. The SMILES string of the molecule is CCOC(=O)[C@@H](OC(C)(C)C)c1c(C)cc2cc(CC)c(F)cc2c1-c1ccc2c3c1N=CC(C)C3CCO2. The van der Waals surface area contributed by atoms with Crippen LogP contribution in [0.3, 0.4) is 0 Å². The summed E-state index contributed by atoms with van der Waals surface area (Å²) in [6.45, 7) is 14.5. The second-order valence-electron chi connectivity index (χ2n) is 11.6. The highest BCUT2D eigenvalue weighted by atomic mass is 19.1. The molecule has 3 aromatic carbocycles. The Kier molecular flexibility index (Phi) is 7.27. The fraction of sp³-hybridized carbons (Fsp3) is 0.455. The summed E-state index contributed by atoms with van der Waals surface area (Å²) in [7, 11) is 0. The maximum absolute atomic E-state index is 15.4. The van der Waals surface area contributed by atoms with Crippen molar-refractivity contribution in [3.05, 3.63) is 58.4 Å². The summed E-state index contributed by atoms with van der Waals surface area (Å²) in [4.78, 5) is 18.4. The van der Waals surface area contributed by atoms with E-state index in [2.05, 4.69) is 6.92 Å². The van der Waals surface area contributed by atoms with Crippen molar-refractivity contribution in [1.29, 1.82) is 0 Å². The molecule has 0 aliphatic carbocycles. The number of esters is 1. The molecule has 39 heavy (non-hydrogen) atoms. The van der Waals surface area contributed by atoms with Crippen LogP contribution < -0.4 is 4.74 Å². The van der Waals surface area contributed by atoms with Crippen molar-refractivity contribution in [2.75, 3.05) is 13.2 Å². The lowest BCUT2D eigenvalue weighted by molar-refractivity contribution is -0.166. The van der Waals surface area contributed by atoms with Crippen molar-refractivity contribution in [3.63, 3.8) is 0 Å². The molecule has 3 atom stereocenters. The lowest BCUT2D eigenvalue weighted by Crippen LogP contribution is -2.29. The van der Waals surface area contributed by atoms with Crippen molar-refractivity contribution in [3.8, 4) is 16.9 Å². The summed E-state index contributed by atoms with van der Waals surface area (Å²) in [5.41, 5.74) is 5.07. The molecule has 0 saturated heterocycles. The molecule has 0 spiro atoms. The normalized spacial score (nSPS) is 19.0. The lowest BCUT2D eigenvalue weighted by atomic mass is 9.78. The van der Waals surface area contributed by atoms with Gasteiger partial charge in [0.15, 0.2) is 6.10 Å². The van der Waals surface area contributed by atoms with Crippen LogP contribution in [-0.4, -0.2) is 31.0 Å². The average Bonchev–Trinajstić information content (AvgIpc) is 2.88. The van der Waals surface area contributed by atoms with Crippen molar-refractivity contribution in [1.82, 2.24) is 0 Å². The van der Waals surface area contributed by atoms with Crippen LogP contribution in [0.4, 0.5) is 10.1 Å². The highest BCUT2D eigenvalue weighted by Crippen LogP contribution is 2.52. The Morgan fingerprint density at radius 1 is 1.21 bits per heavy atom. The molecule has 0 radical (unpaired) electrons. The number of carbonyl (C=O) groups excluding carboxylic acids is 1. The molecule has 6 heteroatoms. The van der Waals surface area contributed by atoms with Gasteiger partial charge in [-0.15, -0.1) is 0 Å². The summed E-state index contributed by atoms with van der Waals surface area (Å²) in [5, 5.41) is 1.63. The first-order valence-electron chi connectivity index (χ1n) is 14.0. The zero-order valence-electron chi connectivity index (χ0n) is 24.0. The zero-order valence-corrected chi connectivity index (χ0v) is 24.0. The standard InChI is InChI=1S/C33H38FNO4/c1-8-20-15-21-14-18(3)27(31(32(36)37-9-2)39-33(5,6)7)28(24(21)16-25(20)34)23-10-11-26-29-22(12-13-38-26)19(4)17-35-30(23)29/h10-11,14-17,19,22,31H,8-9,12-13H2,1-7H3/t19?,22?,31-/m0/s1. The van der Waals surface area contributed by atoms with E-state index in [1.165, 1.54) is 0 Å². The van der Waals surface area contributed by atoms with Crippen LogP contribution in [0.2, 0.25) is 0 Å². The fourth-order valence-corrected chi connectivity index (χ4v) is 6.00. The van der Waals surface area contributed by atoms with E-state index < -0.39 is 17.7 Å². The van der Waals surface area contributed by atoms with E-state index in [1.807, 2.05) is 65.1 Å². The van der Waals surface area contributed by atoms with E-state index >= 15 is 4.39 Å². The average molecular weight is 532 g/mol. The Balaban J connectivity index is 1.89. The molecule has 206 valence electrons. The molecule has 3 aromatic rings. The first-order valence-corrected chi connectivity index (χ1v) is 14.0. The molecular weight excluding hydrogens is 493 g/mol. The highest BCUT2D eigenvalue weighted by molar-refractivity contribution is 6.04. The van der Waals surface area contributed by atoms with Crippen LogP contribution in [0.1, 0.15) is 82.2 Å². The zero-order chi connectivity index (χ0) is 28.1. The molecular formula is C33H38FNO4. The van der Waals surface area contributed by atoms with Crippen molar-refractivity contribution in [2.45, 2.75) is 78.9 Å². The number of aryl methyl sites for hydroxylation is 2. The van der Waals surface area contributed by atoms with Gasteiger partial charge in [-0.05, 0) is 105 Å². The molecule has 5 rings (SSSR count). The van der Waals surface area contributed by atoms with Gasteiger partial charge in [0, 0.05) is 28.8 Å². The molecule has 5 nitrogen and oxygen atoms in total. The smallest absolute Gasteiger partial charge is 0.339 e. The van der Waals surface area contributed by atoms with Crippen molar-refractivity contribution in [2.24, 2.45) is 10.9 Å². The van der Waals surface area contributed by atoms with Crippen LogP contribution in [0.25, 0.3) is 21.9 Å². The minimum absolute atomic E-state index is 0.227. The lowest BCUT2D eigenvalue weighted by Gasteiger charge is -2.34. The number of nitrogens with zero attached hydrogens (tertiary/aromatic N) is 1. The quantitative estimate of drug-likeness (QED) is 0.301. The Labute approximate surface area is 230 Å². The maximum Gasteiger partial charge on any atom is 0.339 e. The van der Waals surface area contributed by atoms with Gasteiger partial charge in [-0.2, -0.15) is 0 Å². The Morgan fingerprint density at radius 2 is 1.97 bits per heavy atom. The fourth-order valence-electron chi connectivity index (χ4n) is 6.00. The Bertz CT molecular complexity index is 1470. The van der Waals surface area contributed by atoms with Crippen LogP contribution in [0, 0.1) is 18.7 Å². The van der Waals surface area contributed by atoms with Gasteiger partial charge >= 0.3 is 5.97 Å². The topological polar surface area (TPSA) is 57.1 Å².